The van der Waals surface area contributed by atoms with Crippen LogP contribution in [0.3, 0.4) is 0 Å². The largest absolute Gasteiger partial charge is 0.497 e. The molecule has 1 saturated heterocycles. The van der Waals surface area contributed by atoms with Crippen molar-refractivity contribution >= 4 is 17.5 Å². The number of amides is 2. The van der Waals surface area contributed by atoms with Crippen LogP contribution >= 0.6 is 0 Å². The zero-order chi connectivity index (χ0) is 24.0. The molecule has 5 rings (SSSR count). The van der Waals surface area contributed by atoms with Crippen LogP contribution in [-0.4, -0.2) is 53.3 Å². The number of rotatable bonds is 6. The van der Waals surface area contributed by atoms with Gasteiger partial charge < -0.3 is 14.0 Å². The summed E-state index contributed by atoms with van der Waals surface area (Å²) < 4.78 is 29.9. The van der Waals surface area contributed by atoms with E-state index in [0.29, 0.717) is 22.6 Å². The first kappa shape index (κ1) is 21.5. The van der Waals surface area contributed by atoms with Gasteiger partial charge in [-0.3, -0.25) is 14.6 Å². The number of aryl methyl sites for hydroxylation is 1. The number of anilines is 1. The first-order chi connectivity index (χ1) is 16.4. The fourth-order valence-corrected chi connectivity index (χ4v) is 3.88. The lowest BCUT2D eigenvalue weighted by Gasteiger charge is -2.19. The van der Waals surface area contributed by atoms with Crippen LogP contribution in [0.5, 0.6) is 11.5 Å². The summed E-state index contributed by atoms with van der Waals surface area (Å²) in [6, 6.07) is 7.32. The summed E-state index contributed by atoms with van der Waals surface area (Å²) >= 11 is 0. The number of hydrogen-bond acceptors (Lipinski definition) is 10. The van der Waals surface area contributed by atoms with Crippen LogP contribution in [0.4, 0.5) is 10.1 Å². The smallest absolute Gasteiger partial charge is 0.263 e. The lowest BCUT2D eigenvalue weighted by Crippen LogP contribution is -2.39. The molecule has 34 heavy (non-hydrogen) atoms. The predicted molar refractivity (Wildman–Crippen MR) is 114 cm³/mol. The Labute approximate surface area is 192 Å². The van der Waals surface area contributed by atoms with Gasteiger partial charge in [-0.15, -0.1) is 0 Å². The van der Waals surface area contributed by atoms with Gasteiger partial charge >= 0.3 is 0 Å². The lowest BCUT2D eigenvalue weighted by molar-refractivity contribution is -0.123. The fraction of sp³-hybridized carbons (Fsp3) is 0.273. The van der Waals surface area contributed by atoms with E-state index in [-0.39, 0.29) is 23.9 Å². The number of carbonyl (C=O) groups excluding carboxylic acids is 2. The molecular weight excluding hydrogens is 447 g/mol. The summed E-state index contributed by atoms with van der Waals surface area (Å²) in [5.41, 5.74) is 1.14. The molecule has 12 heteroatoms. The molecule has 0 radical (unpaired) electrons. The third kappa shape index (κ3) is 3.43. The summed E-state index contributed by atoms with van der Waals surface area (Å²) in [7, 11) is 3.06. The van der Waals surface area contributed by atoms with Crippen molar-refractivity contribution in [3.63, 3.8) is 0 Å². The molecule has 0 aliphatic carbocycles. The van der Waals surface area contributed by atoms with Crippen molar-refractivity contribution in [2.75, 3.05) is 19.1 Å². The third-order valence-electron chi connectivity index (χ3n) is 5.69. The highest BCUT2D eigenvalue weighted by Crippen LogP contribution is 2.34. The van der Waals surface area contributed by atoms with E-state index in [4.69, 9.17) is 14.0 Å². The van der Waals surface area contributed by atoms with Crippen LogP contribution in [-0.2, 0) is 16.1 Å². The maximum absolute atomic E-state index is 14.0. The molecular formula is C22H19FN6O5. The van der Waals surface area contributed by atoms with Crippen molar-refractivity contribution in [1.82, 2.24) is 15.1 Å². The molecule has 0 bridgehead atoms. The van der Waals surface area contributed by atoms with E-state index in [1.807, 2.05) is 0 Å². The molecule has 2 atom stereocenters. The molecule has 3 aromatic rings. The summed E-state index contributed by atoms with van der Waals surface area (Å²) in [5.74, 6) is -0.111. The molecule has 2 aromatic carbocycles. The number of fused-ring (bicyclic) bond motifs is 1. The van der Waals surface area contributed by atoms with E-state index in [9.17, 15) is 14.0 Å². The number of hydrogen-bond donors (Lipinski definition) is 0. The SMILES string of the molecule is COc1ccc(-c2noc(CN3N=N[C@H]4C(=O)N(c5ccc(C)c(F)c5)C(=O)[C@H]43)n2)c(OC)c1. The minimum Gasteiger partial charge on any atom is -0.497 e. The molecule has 0 saturated carbocycles. The summed E-state index contributed by atoms with van der Waals surface area (Å²) in [5, 5.41) is 13.2. The van der Waals surface area contributed by atoms with Gasteiger partial charge in [-0.25, -0.2) is 9.29 Å². The highest BCUT2D eigenvalue weighted by atomic mass is 19.1. The Bertz CT molecular complexity index is 1320. The van der Waals surface area contributed by atoms with Crippen molar-refractivity contribution in [2.45, 2.75) is 25.6 Å². The monoisotopic (exact) mass is 466 g/mol. The lowest BCUT2D eigenvalue weighted by atomic mass is 10.1. The Hall–Kier alpha value is -4.35. The topological polar surface area (TPSA) is 123 Å². The zero-order valence-electron chi connectivity index (χ0n) is 18.4. The summed E-state index contributed by atoms with van der Waals surface area (Å²) in [6.45, 7) is 1.54. The van der Waals surface area contributed by atoms with E-state index in [0.717, 1.165) is 11.0 Å². The van der Waals surface area contributed by atoms with Crippen molar-refractivity contribution in [3.8, 4) is 22.9 Å². The number of imide groups is 1. The standard InChI is InChI=1S/C22H19FN6O5/c1-11-4-5-12(8-15(11)23)29-21(30)18-19(22(29)31)28(27-25-18)10-17-24-20(26-34-17)14-7-6-13(32-2)9-16(14)33-3/h4-9,18-19H,10H2,1-3H3/t18-,19+/m1/s1. The number of halogens is 1. The van der Waals surface area contributed by atoms with Gasteiger partial charge in [0.25, 0.3) is 11.8 Å². The molecule has 174 valence electrons. The first-order valence-electron chi connectivity index (χ1n) is 10.3. The van der Waals surface area contributed by atoms with Crippen LogP contribution in [0.25, 0.3) is 11.4 Å². The number of benzene rings is 2. The highest BCUT2D eigenvalue weighted by molar-refractivity contribution is 6.25. The second-order valence-corrected chi connectivity index (χ2v) is 7.72. The van der Waals surface area contributed by atoms with Gasteiger partial charge in [0.2, 0.25) is 11.7 Å². The summed E-state index contributed by atoms with van der Waals surface area (Å²) in [6.07, 6.45) is 0. The molecule has 0 spiro atoms. The Balaban J connectivity index is 1.37. The van der Waals surface area contributed by atoms with Gasteiger partial charge in [-0.1, -0.05) is 16.4 Å². The van der Waals surface area contributed by atoms with Gasteiger partial charge in [-0.05, 0) is 36.8 Å². The third-order valence-corrected chi connectivity index (χ3v) is 5.69. The average molecular weight is 466 g/mol. The number of nitrogens with zero attached hydrogens (tertiary/aromatic N) is 6. The second kappa shape index (κ2) is 8.21. The Kier molecular flexibility index (Phi) is 5.19. The van der Waals surface area contributed by atoms with E-state index in [1.165, 1.54) is 24.3 Å². The predicted octanol–water partition coefficient (Wildman–Crippen LogP) is 2.69. The first-order valence-corrected chi connectivity index (χ1v) is 10.3. The van der Waals surface area contributed by atoms with Gasteiger partial charge in [0, 0.05) is 6.07 Å². The Morgan fingerprint density at radius 3 is 2.65 bits per heavy atom. The van der Waals surface area contributed by atoms with Crippen LogP contribution in [0.2, 0.25) is 0 Å². The van der Waals surface area contributed by atoms with E-state index >= 15 is 0 Å². The van der Waals surface area contributed by atoms with Crippen molar-refractivity contribution in [1.29, 1.82) is 0 Å². The normalized spacial score (nSPS) is 19.2. The zero-order valence-corrected chi connectivity index (χ0v) is 18.4. The van der Waals surface area contributed by atoms with E-state index in [2.05, 4.69) is 20.5 Å². The van der Waals surface area contributed by atoms with Crippen LogP contribution in [0.15, 0.2) is 51.3 Å². The van der Waals surface area contributed by atoms with Gasteiger partial charge in [0.05, 0.1) is 25.5 Å². The molecule has 2 aliphatic rings. The molecule has 11 nitrogen and oxygen atoms in total. The number of carbonyl (C=O) groups is 2. The van der Waals surface area contributed by atoms with Gasteiger partial charge in [-0.2, -0.15) is 10.1 Å². The Morgan fingerprint density at radius 2 is 1.91 bits per heavy atom. The minimum atomic E-state index is -1.03. The summed E-state index contributed by atoms with van der Waals surface area (Å²) in [4.78, 5) is 31.2. The maximum Gasteiger partial charge on any atom is 0.263 e. The molecule has 0 N–H and O–H groups in total. The molecule has 2 amide bonds. The second-order valence-electron chi connectivity index (χ2n) is 7.72. The molecule has 0 unspecified atom stereocenters. The number of aromatic nitrogens is 2. The van der Waals surface area contributed by atoms with Gasteiger partial charge in [0.15, 0.2) is 12.1 Å². The van der Waals surface area contributed by atoms with Crippen LogP contribution in [0.1, 0.15) is 11.5 Å². The molecule has 3 heterocycles. The van der Waals surface area contributed by atoms with Gasteiger partial charge in [0.1, 0.15) is 23.9 Å². The number of methoxy groups -OCH3 is 2. The van der Waals surface area contributed by atoms with E-state index < -0.39 is 29.7 Å². The Morgan fingerprint density at radius 1 is 1.09 bits per heavy atom. The molecule has 2 aliphatic heterocycles. The van der Waals surface area contributed by atoms with E-state index in [1.54, 1.807) is 32.2 Å². The average Bonchev–Trinajstić information content (AvgIpc) is 3.53. The van der Waals surface area contributed by atoms with Crippen LogP contribution in [0, 0.1) is 12.7 Å². The number of ether oxygens (including phenoxy) is 2. The molecule has 1 aromatic heterocycles. The highest BCUT2D eigenvalue weighted by Gasteiger charge is 2.55. The molecule has 1 fully saturated rings. The van der Waals surface area contributed by atoms with Crippen molar-refractivity contribution < 1.29 is 28.0 Å². The van der Waals surface area contributed by atoms with Crippen molar-refractivity contribution in [3.05, 3.63) is 53.7 Å². The van der Waals surface area contributed by atoms with Crippen LogP contribution < -0.4 is 14.4 Å². The minimum absolute atomic E-state index is 0.0503. The van der Waals surface area contributed by atoms with Crippen molar-refractivity contribution in [2.24, 2.45) is 10.3 Å². The maximum atomic E-state index is 14.0. The fourth-order valence-electron chi connectivity index (χ4n) is 3.88. The quantitative estimate of drug-likeness (QED) is 0.508.